The molecule has 0 aromatic carbocycles. The van der Waals surface area contributed by atoms with E-state index in [9.17, 15) is 9.59 Å². The standard InChI is InChI=1S/C15H24N2O3/c1-2-12-13(18)17(10-11-6-5-9-20-11)15(14(19)16-12)7-3-4-8-15/h11-12H,2-10H2,1H3,(H,16,19). The van der Waals surface area contributed by atoms with E-state index in [1.165, 1.54) is 0 Å². The number of amides is 2. The predicted octanol–water partition coefficient (Wildman–Crippen LogP) is 1.22. The zero-order chi connectivity index (χ0) is 14.2. The summed E-state index contributed by atoms with van der Waals surface area (Å²) in [5.41, 5.74) is -0.589. The third kappa shape index (κ3) is 2.12. The van der Waals surface area contributed by atoms with E-state index in [1.807, 2.05) is 11.8 Å². The van der Waals surface area contributed by atoms with E-state index in [0.717, 1.165) is 45.1 Å². The van der Waals surface area contributed by atoms with Crippen LogP contribution in [0.15, 0.2) is 0 Å². The van der Waals surface area contributed by atoms with Crippen molar-refractivity contribution in [3.05, 3.63) is 0 Å². The third-order valence-electron chi connectivity index (χ3n) is 5.06. The number of nitrogens with zero attached hydrogens (tertiary/aromatic N) is 1. The Hall–Kier alpha value is -1.10. The van der Waals surface area contributed by atoms with Gasteiger partial charge in [0.1, 0.15) is 11.6 Å². The lowest BCUT2D eigenvalue weighted by molar-refractivity contribution is -0.159. The molecule has 0 aromatic heterocycles. The summed E-state index contributed by atoms with van der Waals surface area (Å²) in [6, 6.07) is -0.352. The van der Waals surface area contributed by atoms with Crippen LogP contribution in [0.2, 0.25) is 0 Å². The highest BCUT2D eigenvalue weighted by Gasteiger charge is 2.53. The number of piperazine rings is 1. The van der Waals surface area contributed by atoms with Crippen molar-refractivity contribution in [3.8, 4) is 0 Å². The Labute approximate surface area is 120 Å². The summed E-state index contributed by atoms with van der Waals surface area (Å²) in [6.07, 6.45) is 6.48. The van der Waals surface area contributed by atoms with Crippen molar-refractivity contribution in [1.82, 2.24) is 10.2 Å². The summed E-state index contributed by atoms with van der Waals surface area (Å²) in [4.78, 5) is 27.1. The van der Waals surface area contributed by atoms with E-state index in [2.05, 4.69) is 5.32 Å². The highest BCUT2D eigenvalue weighted by Crippen LogP contribution is 2.39. The predicted molar refractivity (Wildman–Crippen MR) is 74.1 cm³/mol. The van der Waals surface area contributed by atoms with Gasteiger partial charge in [0.25, 0.3) is 0 Å². The fourth-order valence-electron chi connectivity index (χ4n) is 3.87. The molecule has 5 heteroatoms. The van der Waals surface area contributed by atoms with Crippen LogP contribution in [-0.2, 0) is 14.3 Å². The van der Waals surface area contributed by atoms with Crippen LogP contribution in [0.25, 0.3) is 0 Å². The highest BCUT2D eigenvalue weighted by atomic mass is 16.5. The van der Waals surface area contributed by atoms with Gasteiger partial charge < -0.3 is 15.0 Å². The highest BCUT2D eigenvalue weighted by molar-refractivity contribution is 6.00. The van der Waals surface area contributed by atoms with Gasteiger partial charge in [-0.15, -0.1) is 0 Å². The molecule has 2 saturated heterocycles. The van der Waals surface area contributed by atoms with E-state index >= 15 is 0 Å². The first kappa shape index (κ1) is 13.9. The van der Waals surface area contributed by atoms with Gasteiger partial charge in [-0.25, -0.2) is 0 Å². The number of rotatable bonds is 3. The Balaban J connectivity index is 1.85. The monoisotopic (exact) mass is 280 g/mol. The smallest absolute Gasteiger partial charge is 0.246 e. The van der Waals surface area contributed by atoms with Gasteiger partial charge >= 0.3 is 0 Å². The summed E-state index contributed by atoms with van der Waals surface area (Å²) in [6.45, 7) is 3.31. The van der Waals surface area contributed by atoms with Gasteiger partial charge in [0.05, 0.1) is 6.10 Å². The third-order valence-corrected chi connectivity index (χ3v) is 5.06. The molecule has 0 radical (unpaired) electrons. The zero-order valence-corrected chi connectivity index (χ0v) is 12.2. The van der Waals surface area contributed by atoms with Crippen LogP contribution in [0.3, 0.4) is 0 Å². The Kier molecular flexibility index (Phi) is 3.71. The van der Waals surface area contributed by atoms with E-state index in [0.29, 0.717) is 13.0 Å². The molecule has 20 heavy (non-hydrogen) atoms. The van der Waals surface area contributed by atoms with E-state index in [1.54, 1.807) is 0 Å². The van der Waals surface area contributed by atoms with Gasteiger partial charge in [-0.05, 0) is 32.1 Å². The van der Waals surface area contributed by atoms with Gasteiger partial charge in [-0.3, -0.25) is 9.59 Å². The SMILES string of the molecule is CCC1NC(=O)C2(CCCC2)N(CC2CCCO2)C1=O. The number of ether oxygens (including phenoxy) is 1. The Morgan fingerprint density at radius 3 is 2.65 bits per heavy atom. The average molecular weight is 280 g/mol. The molecule has 5 nitrogen and oxygen atoms in total. The van der Waals surface area contributed by atoms with Gasteiger partial charge in [-0.2, -0.15) is 0 Å². The molecule has 2 amide bonds. The first-order valence-corrected chi connectivity index (χ1v) is 7.91. The second-order valence-corrected chi connectivity index (χ2v) is 6.26. The number of nitrogens with one attached hydrogen (secondary N) is 1. The molecule has 1 spiro atoms. The minimum Gasteiger partial charge on any atom is -0.376 e. The lowest BCUT2D eigenvalue weighted by atomic mass is 9.88. The molecular formula is C15H24N2O3. The maximum Gasteiger partial charge on any atom is 0.246 e. The summed E-state index contributed by atoms with van der Waals surface area (Å²) in [5, 5.41) is 2.93. The van der Waals surface area contributed by atoms with Crippen LogP contribution < -0.4 is 5.32 Å². The lowest BCUT2D eigenvalue weighted by Crippen LogP contribution is -2.70. The van der Waals surface area contributed by atoms with Gasteiger partial charge in [0.2, 0.25) is 11.8 Å². The Morgan fingerprint density at radius 2 is 2.05 bits per heavy atom. The maximum atomic E-state index is 12.7. The van der Waals surface area contributed by atoms with Crippen molar-refractivity contribution in [3.63, 3.8) is 0 Å². The van der Waals surface area contributed by atoms with Gasteiger partial charge in [0.15, 0.2) is 0 Å². The number of hydrogen-bond acceptors (Lipinski definition) is 3. The van der Waals surface area contributed by atoms with Crippen molar-refractivity contribution < 1.29 is 14.3 Å². The first-order valence-electron chi connectivity index (χ1n) is 7.91. The quantitative estimate of drug-likeness (QED) is 0.845. The van der Waals surface area contributed by atoms with Crippen LogP contribution in [0, 0.1) is 0 Å². The second kappa shape index (κ2) is 5.35. The average Bonchev–Trinajstić information content (AvgIpc) is 3.11. The Bertz CT molecular complexity index is 398. The molecule has 2 atom stereocenters. The summed E-state index contributed by atoms with van der Waals surface area (Å²) < 4.78 is 5.69. The topological polar surface area (TPSA) is 58.6 Å². The maximum absolute atomic E-state index is 12.7. The zero-order valence-electron chi connectivity index (χ0n) is 12.2. The van der Waals surface area contributed by atoms with Crippen LogP contribution in [-0.4, -0.2) is 47.6 Å². The molecular weight excluding hydrogens is 256 g/mol. The molecule has 2 unspecified atom stereocenters. The molecule has 112 valence electrons. The van der Waals surface area contributed by atoms with Crippen molar-refractivity contribution in [2.45, 2.75) is 69.6 Å². The number of carbonyl (C=O) groups excluding carboxylic acids is 2. The minimum absolute atomic E-state index is 0.0550. The molecule has 3 rings (SSSR count). The molecule has 0 aromatic rings. The van der Waals surface area contributed by atoms with E-state index in [4.69, 9.17) is 4.74 Å². The molecule has 1 aliphatic carbocycles. The largest absolute Gasteiger partial charge is 0.376 e. The van der Waals surface area contributed by atoms with Crippen LogP contribution in [0.1, 0.15) is 51.9 Å². The van der Waals surface area contributed by atoms with E-state index < -0.39 is 5.54 Å². The van der Waals surface area contributed by atoms with Crippen molar-refractivity contribution >= 4 is 11.8 Å². The van der Waals surface area contributed by atoms with Crippen LogP contribution in [0.5, 0.6) is 0 Å². The molecule has 0 bridgehead atoms. The second-order valence-electron chi connectivity index (χ2n) is 6.26. The first-order chi connectivity index (χ1) is 9.67. The van der Waals surface area contributed by atoms with Crippen LogP contribution in [0.4, 0.5) is 0 Å². The number of carbonyl (C=O) groups is 2. The summed E-state index contributed by atoms with van der Waals surface area (Å²) in [7, 11) is 0. The van der Waals surface area contributed by atoms with Crippen molar-refractivity contribution in [2.24, 2.45) is 0 Å². The van der Waals surface area contributed by atoms with Gasteiger partial charge in [-0.1, -0.05) is 19.8 Å². The molecule has 2 heterocycles. The molecule has 1 saturated carbocycles. The van der Waals surface area contributed by atoms with Crippen LogP contribution >= 0.6 is 0 Å². The normalized spacial score (nSPS) is 33.0. The van der Waals surface area contributed by atoms with Crippen molar-refractivity contribution in [2.75, 3.05) is 13.2 Å². The lowest BCUT2D eigenvalue weighted by Gasteiger charge is -2.47. The molecule has 3 aliphatic rings. The molecule has 1 N–H and O–H groups in total. The fourth-order valence-corrected chi connectivity index (χ4v) is 3.87. The van der Waals surface area contributed by atoms with Gasteiger partial charge in [0, 0.05) is 13.2 Å². The number of hydrogen-bond donors (Lipinski definition) is 1. The molecule has 2 aliphatic heterocycles. The van der Waals surface area contributed by atoms with Crippen molar-refractivity contribution in [1.29, 1.82) is 0 Å². The Morgan fingerprint density at radius 1 is 1.30 bits per heavy atom. The fraction of sp³-hybridized carbons (Fsp3) is 0.867. The molecule has 3 fully saturated rings. The summed E-state index contributed by atoms with van der Waals surface area (Å²) in [5.74, 6) is 0.143. The van der Waals surface area contributed by atoms with E-state index in [-0.39, 0.29) is 24.0 Å². The summed E-state index contributed by atoms with van der Waals surface area (Å²) >= 11 is 0. The minimum atomic E-state index is -0.589.